The van der Waals surface area contributed by atoms with Gasteiger partial charge in [0.25, 0.3) is 0 Å². The smallest absolute Gasteiger partial charge is 0.0779 e. The average molecular weight is 112 g/mol. The highest BCUT2D eigenvalue weighted by atomic mass is 15.3. The highest BCUT2D eigenvalue weighted by molar-refractivity contribution is 4.85. The zero-order chi connectivity index (χ0) is 5.56. The summed E-state index contributed by atoms with van der Waals surface area (Å²) in [7, 11) is 4.00. The van der Waals surface area contributed by atoms with Crippen LogP contribution in [-0.2, 0) is 0 Å². The second kappa shape index (κ2) is 1.45. The van der Waals surface area contributed by atoms with Crippen molar-refractivity contribution in [3.05, 3.63) is 7.05 Å². The Morgan fingerprint density at radius 1 is 1.62 bits per heavy atom. The second-order valence-corrected chi connectivity index (χ2v) is 2.90. The van der Waals surface area contributed by atoms with Crippen molar-refractivity contribution in [1.82, 2.24) is 5.32 Å². The van der Waals surface area contributed by atoms with Crippen LogP contribution in [-0.4, -0.2) is 25.2 Å². The monoisotopic (exact) mass is 112 g/mol. The van der Waals surface area contributed by atoms with Crippen molar-refractivity contribution in [1.29, 1.82) is 0 Å². The summed E-state index contributed by atoms with van der Waals surface area (Å²) in [6.45, 7) is 2.44. The van der Waals surface area contributed by atoms with E-state index < -0.39 is 0 Å². The number of rotatable bonds is 0. The van der Waals surface area contributed by atoms with E-state index in [0.717, 1.165) is 12.1 Å². The fourth-order valence-electron chi connectivity index (χ4n) is 1.77. The van der Waals surface area contributed by atoms with E-state index in [1.807, 2.05) is 0 Å². The summed E-state index contributed by atoms with van der Waals surface area (Å²) >= 11 is 0. The van der Waals surface area contributed by atoms with Crippen LogP contribution in [0.4, 0.5) is 0 Å². The minimum absolute atomic E-state index is 0.799. The standard InChI is InChI=1S/C6H12N2/c1-8-4-5-2-6(8)3-7-5/h5-8H,1-4H2. The van der Waals surface area contributed by atoms with Gasteiger partial charge in [-0.05, 0) is 0 Å². The van der Waals surface area contributed by atoms with E-state index in [9.17, 15) is 0 Å². The molecule has 0 spiro atoms. The third-order valence-corrected chi connectivity index (χ3v) is 2.31. The van der Waals surface area contributed by atoms with Gasteiger partial charge in [0.1, 0.15) is 0 Å². The van der Waals surface area contributed by atoms with Crippen LogP contribution in [0.3, 0.4) is 0 Å². The molecule has 2 fully saturated rings. The largest absolute Gasteiger partial charge is 0.463 e. The highest BCUT2D eigenvalue weighted by Gasteiger charge is 2.35. The van der Waals surface area contributed by atoms with Gasteiger partial charge < -0.3 is 10.2 Å². The lowest BCUT2D eigenvalue weighted by Gasteiger charge is -2.25. The Labute approximate surface area is 49.9 Å². The average Bonchev–Trinajstić information content (AvgIpc) is 2.23. The molecular weight excluding hydrogens is 100 g/mol. The SMILES string of the molecule is [CH2-][NH+]1CC2CC1CN2. The molecule has 2 heteroatoms. The molecule has 8 heavy (non-hydrogen) atoms. The Balaban J connectivity index is 2.11. The van der Waals surface area contributed by atoms with Crippen LogP contribution >= 0.6 is 0 Å². The fourth-order valence-corrected chi connectivity index (χ4v) is 1.77. The van der Waals surface area contributed by atoms with Crippen molar-refractivity contribution < 1.29 is 4.90 Å². The van der Waals surface area contributed by atoms with Crippen LogP contribution in [0.5, 0.6) is 0 Å². The molecule has 0 amide bonds. The summed E-state index contributed by atoms with van der Waals surface area (Å²) in [4.78, 5) is 1.48. The molecule has 3 atom stereocenters. The topological polar surface area (TPSA) is 16.5 Å². The van der Waals surface area contributed by atoms with Gasteiger partial charge in [0.15, 0.2) is 0 Å². The van der Waals surface area contributed by atoms with Crippen LogP contribution in [0.25, 0.3) is 0 Å². The summed E-state index contributed by atoms with van der Waals surface area (Å²) in [6, 6.07) is 1.63. The Morgan fingerprint density at radius 2 is 2.50 bits per heavy atom. The quantitative estimate of drug-likeness (QED) is 0.361. The Bertz CT molecular complexity index is 101. The number of nitrogens with one attached hydrogen (secondary N) is 2. The van der Waals surface area contributed by atoms with Gasteiger partial charge in [0, 0.05) is 13.0 Å². The predicted octanol–water partition coefficient (Wildman–Crippen LogP) is -1.59. The zero-order valence-electron chi connectivity index (χ0n) is 4.98. The third kappa shape index (κ3) is 0.501. The zero-order valence-corrected chi connectivity index (χ0v) is 4.98. The second-order valence-electron chi connectivity index (χ2n) is 2.90. The number of quaternary nitrogens is 1. The Hall–Kier alpha value is -0.0800. The molecule has 0 saturated carbocycles. The number of likely N-dealkylation sites (tertiary alicyclic amines) is 1. The molecule has 0 aromatic rings. The summed E-state index contributed by atoms with van der Waals surface area (Å²) < 4.78 is 0. The van der Waals surface area contributed by atoms with Gasteiger partial charge in [-0.3, -0.25) is 0 Å². The molecule has 2 heterocycles. The van der Waals surface area contributed by atoms with Crippen molar-refractivity contribution in [2.45, 2.75) is 18.5 Å². The van der Waals surface area contributed by atoms with Gasteiger partial charge in [-0.1, -0.05) is 0 Å². The third-order valence-electron chi connectivity index (χ3n) is 2.31. The maximum Gasteiger partial charge on any atom is 0.0779 e. The van der Waals surface area contributed by atoms with E-state index in [0.29, 0.717) is 0 Å². The molecule has 2 saturated heterocycles. The van der Waals surface area contributed by atoms with Gasteiger partial charge in [-0.2, -0.15) is 7.05 Å². The van der Waals surface area contributed by atoms with Crippen molar-refractivity contribution in [2.75, 3.05) is 13.1 Å². The van der Waals surface area contributed by atoms with Gasteiger partial charge in [0.2, 0.25) is 0 Å². The first-order valence-electron chi connectivity index (χ1n) is 3.27. The van der Waals surface area contributed by atoms with Crippen LogP contribution in [0, 0.1) is 7.05 Å². The van der Waals surface area contributed by atoms with Gasteiger partial charge >= 0.3 is 0 Å². The molecule has 46 valence electrons. The summed E-state index contributed by atoms with van der Waals surface area (Å²) in [5.41, 5.74) is 0. The van der Waals surface area contributed by atoms with E-state index >= 15 is 0 Å². The molecule has 2 N–H and O–H groups in total. The maximum atomic E-state index is 4.00. The maximum absolute atomic E-state index is 4.00. The van der Waals surface area contributed by atoms with E-state index in [1.165, 1.54) is 24.4 Å². The van der Waals surface area contributed by atoms with Crippen LogP contribution < -0.4 is 10.2 Å². The lowest BCUT2D eigenvalue weighted by Crippen LogP contribution is -3.11. The summed E-state index contributed by atoms with van der Waals surface area (Å²) in [5.74, 6) is 0. The summed E-state index contributed by atoms with van der Waals surface area (Å²) in [6.07, 6.45) is 1.36. The Morgan fingerprint density at radius 3 is 2.75 bits per heavy atom. The molecular formula is C6H12N2. The molecule has 0 radical (unpaired) electrons. The number of fused-ring (bicyclic) bond motifs is 2. The molecule has 0 aromatic carbocycles. The molecule has 2 bridgehead atoms. The summed E-state index contributed by atoms with van der Waals surface area (Å²) in [5, 5.41) is 3.43. The molecule has 2 rings (SSSR count). The lowest BCUT2D eigenvalue weighted by molar-refractivity contribution is -0.869. The number of hydrogen-bond donors (Lipinski definition) is 2. The fraction of sp³-hybridized carbons (Fsp3) is 0.833. The molecule has 0 aromatic heterocycles. The predicted molar refractivity (Wildman–Crippen MR) is 31.4 cm³/mol. The van der Waals surface area contributed by atoms with E-state index in [4.69, 9.17) is 0 Å². The normalized spacial score (nSPS) is 52.9. The first-order chi connectivity index (χ1) is 3.86. The number of piperazine rings is 1. The first kappa shape index (κ1) is 4.77. The van der Waals surface area contributed by atoms with E-state index in [2.05, 4.69) is 12.4 Å². The lowest BCUT2D eigenvalue weighted by atomic mass is 10.2. The molecule has 2 nitrogen and oxygen atoms in total. The van der Waals surface area contributed by atoms with Gasteiger partial charge in [-0.25, -0.2) is 0 Å². The minimum Gasteiger partial charge on any atom is -0.463 e. The van der Waals surface area contributed by atoms with Crippen molar-refractivity contribution >= 4 is 0 Å². The van der Waals surface area contributed by atoms with Gasteiger partial charge in [-0.15, -0.1) is 0 Å². The number of hydrogen-bond acceptors (Lipinski definition) is 1. The minimum atomic E-state index is 0.799. The molecule has 3 unspecified atom stereocenters. The molecule has 2 aliphatic rings. The van der Waals surface area contributed by atoms with E-state index in [1.54, 1.807) is 0 Å². The highest BCUT2D eigenvalue weighted by Crippen LogP contribution is 2.07. The molecule has 0 aliphatic carbocycles. The van der Waals surface area contributed by atoms with Crippen LogP contribution in [0.15, 0.2) is 0 Å². The molecule has 2 aliphatic heterocycles. The first-order valence-corrected chi connectivity index (χ1v) is 3.27. The van der Waals surface area contributed by atoms with Crippen molar-refractivity contribution in [3.8, 4) is 0 Å². The van der Waals surface area contributed by atoms with Crippen LogP contribution in [0.2, 0.25) is 0 Å². The van der Waals surface area contributed by atoms with E-state index in [-0.39, 0.29) is 0 Å². The van der Waals surface area contributed by atoms with Gasteiger partial charge in [0.05, 0.1) is 18.6 Å². The van der Waals surface area contributed by atoms with Crippen LogP contribution in [0.1, 0.15) is 6.42 Å². The Kier molecular flexibility index (Phi) is 0.866. The van der Waals surface area contributed by atoms with Crippen molar-refractivity contribution in [3.63, 3.8) is 0 Å². The van der Waals surface area contributed by atoms with Crippen molar-refractivity contribution in [2.24, 2.45) is 0 Å².